The van der Waals surface area contributed by atoms with Crippen molar-refractivity contribution in [2.24, 2.45) is 5.92 Å². The van der Waals surface area contributed by atoms with Crippen molar-refractivity contribution in [2.45, 2.75) is 52.9 Å². The van der Waals surface area contributed by atoms with Crippen LogP contribution in [0.1, 0.15) is 52.0 Å². The number of halogens is 1. The fourth-order valence-electron chi connectivity index (χ4n) is 2.49. The van der Waals surface area contributed by atoms with Gasteiger partial charge in [-0.3, -0.25) is 9.59 Å². The van der Waals surface area contributed by atoms with Gasteiger partial charge in [-0.2, -0.15) is 0 Å². The third-order valence-corrected chi connectivity index (χ3v) is 4.24. The second-order valence-corrected chi connectivity index (χ2v) is 7.03. The van der Waals surface area contributed by atoms with Crippen molar-refractivity contribution >= 4 is 23.5 Å². The maximum Gasteiger partial charge on any atom is 0.307 e. The van der Waals surface area contributed by atoms with Gasteiger partial charge >= 0.3 is 5.97 Å². The molecule has 0 heterocycles. The molecule has 4 nitrogen and oxygen atoms in total. The van der Waals surface area contributed by atoms with Crippen LogP contribution in [0.15, 0.2) is 24.3 Å². The number of aryl methyl sites for hydroxylation is 1. The monoisotopic (exact) mass is 367 g/mol. The first-order valence-electron chi connectivity index (χ1n) is 9.10. The number of carbonyl (C=O) groups excluding carboxylic acids is 2. The molecule has 1 aromatic carbocycles. The molecule has 0 N–H and O–H groups in total. The summed E-state index contributed by atoms with van der Waals surface area (Å²) in [6.45, 7) is 7.56. The van der Waals surface area contributed by atoms with E-state index in [1.165, 1.54) is 5.56 Å². The molecule has 5 heteroatoms. The number of hydrogen-bond donors (Lipinski definition) is 0. The summed E-state index contributed by atoms with van der Waals surface area (Å²) in [5.74, 6) is 0.386. The topological polar surface area (TPSA) is 46.6 Å². The standard InChI is InChI=1S/C20H30ClNO3/c1-4-25-20(24)13-15-22(14-12-16(2)3)19(23)7-5-6-17-8-10-18(21)11-9-17/h8-11,16H,4-7,12-15H2,1-3H3. The minimum Gasteiger partial charge on any atom is -0.466 e. The van der Waals surface area contributed by atoms with Crippen molar-refractivity contribution < 1.29 is 14.3 Å². The smallest absolute Gasteiger partial charge is 0.307 e. The predicted octanol–water partition coefficient (Wildman–Crippen LogP) is 4.49. The van der Waals surface area contributed by atoms with Gasteiger partial charge in [0, 0.05) is 24.5 Å². The average molecular weight is 368 g/mol. The number of nitrogens with zero attached hydrogens (tertiary/aromatic N) is 1. The Hall–Kier alpha value is -1.55. The third kappa shape index (κ3) is 9.49. The number of rotatable bonds is 11. The van der Waals surface area contributed by atoms with Gasteiger partial charge in [0.1, 0.15) is 0 Å². The first-order chi connectivity index (χ1) is 11.9. The molecule has 0 aliphatic heterocycles. The lowest BCUT2D eigenvalue weighted by Crippen LogP contribution is -2.34. The van der Waals surface area contributed by atoms with Gasteiger partial charge in [0.2, 0.25) is 5.91 Å². The average Bonchev–Trinajstić information content (AvgIpc) is 2.56. The number of hydrogen-bond acceptors (Lipinski definition) is 3. The van der Waals surface area contributed by atoms with Crippen molar-refractivity contribution in [2.75, 3.05) is 19.7 Å². The van der Waals surface area contributed by atoms with Crippen LogP contribution in [0.4, 0.5) is 0 Å². The first-order valence-corrected chi connectivity index (χ1v) is 9.48. The van der Waals surface area contributed by atoms with Crippen LogP contribution in [0.2, 0.25) is 5.02 Å². The van der Waals surface area contributed by atoms with Crippen LogP contribution in [0.25, 0.3) is 0 Å². The van der Waals surface area contributed by atoms with Crippen LogP contribution in [-0.2, 0) is 20.7 Å². The molecule has 1 aromatic rings. The SMILES string of the molecule is CCOC(=O)CCN(CCC(C)C)C(=O)CCCc1ccc(Cl)cc1. The summed E-state index contributed by atoms with van der Waals surface area (Å²) in [5.41, 5.74) is 1.18. The highest BCUT2D eigenvalue weighted by Gasteiger charge is 2.15. The quantitative estimate of drug-likeness (QED) is 0.541. The lowest BCUT2D eigenvalue weighted by molar-refractivity contribution is -0.144. The molecule has 1 amide bonds. The molecule has 0 radical (unpaired) electrons. The zero-order chi connectivity index (χ0) is 18.7. The Morgan fingerprint density at radius 1 is 1.12 bits per heavy atom. The van der Waals surface area contributed by atoms with Gasteiger partial charge in [0.05, 0.1) is 13.0 Å². The van der Waals surface area contributed by atoms with Crippen LogP contribution in [0.3, 0.4) is 0 Å². The highest BCUT2D eigenvalue weighted by Crippen LogP contribution is 2.13. The van der Waals surface area contributed by atoms with E-state index in [-0.39, 0.29) is 18.3 Å². The summed E-state index contributed by atoms with van der Waals surface area (Å²) in [5, 5.41) is 0.721. The second kappa shape index (κ2) is 11.9. The van der Waals surface area contributed by atoms with E-state index >= 15 is 0 Å². The summed E-state index contributed by atoms with van der Waals surface area (Å²) in [7, 11) is 0. The summed E-state index contributed by atoms with van der Waals surface area (Å²) >= 11 is 5.88. The molecule has 140 valence electrons. The lowest BCUT2D eigenvalue weighted by Gasteiger charge is -2.23. The van der Waals surface area contributed by atoms with E-state index in [2.05, 4.69) is 13.8 Å². The summed E-state index contributed by atoms with van der Waals surface area (Å²) in [6.07, 6.45) is 3.32. The zero-order valence-corrected chi connectivity index (χ0v) is 16.3. The Kier molecular flexibility index (Phi) is 10.2. The summed E-state index contributed by atoms with van der Waals surface area (Å²) < 4.78 is 4.96. The fourth-order valence-corrected chi connectivity index (χ4v) is 2.61. The molecule has 0 aliphatic rings. The Labute approximate surface area is 156 Å². The number of ether oxygens (including phenoxy) is 1. The molecule has 25 heavy (non-hydrogen) atoms. The molecule has 0 fully saturated rings. The number of esters is 1. The van der Waals surface area contributed by atoms with Crippen LogP contribution < -0.4 is 0 Å². The van der Waals surface area contributed by atoms with Crippen LogP contribution in [-0.4, -0.2) is 36.5 Å². The maximum absolute atomic E-state index is 12.5. The zero-order valence-electron chi connectivity index (χ0n) is 15.6. The van der Waals surface area contributed by atoms with Crippen molar-refractivity contribution in [1.29, 1.82) is 0 Å². The van der Waals surface area contributed by atoms with Crippen molar-refractivity contribution in [3.63, 3.8) is 0 Å². The number of benzene rings is 1. The van der Waals surface area contributed by atoms with E-state index in [0.29, 0.717) is 32.0 Å². The number of amides is 1. The Morgan fingerprint density at radius 2 is 1.80 bits per heavy atom. The van der Waals surface area contributed by atoms with E-state index in [0.717, 1.165) is 24.3 Å². The molecule has 1 rings (SSSR count). The van der Waals surface area contributed by atoms with Gasteiger partial charge < -0.3 is 9.64 Å². The minimum absolute atomic E-state index is 0.110. The normalized spacial score (nSPS) is 10.8. The van der Waals surface area contributed by atoms with Gasteiger partial charge in [0.15, 0.2) is 0 Å². The summed E-state index contributed by atoms with van der Waals surface area (Å²) in [4.78, 5) is 25.9. The molecule has 0 unspecified atom stereocenters. The van der Waals surface area contributed by atoms with E-state index in [4.69, 9.17) is 16.3 Å². The maximum atomic E-state index is 12.5. The van der Waals surface area contributed by atoms with Gasteiger partial charge in [0.25, 0.3) is 0 Å². The third-order valence-electron chi connectivity index (χ3n) is 3.99. The van der Waals surface area contributed by atoms with Crippen LogP contribution in [0.5, 0.6) is 0 Å². The predicted molar refractivity (Wildman–Crippen MR) is 102 cm³/mol. The first kappa shape index (κ1) is 21.5. The van der Waals surface area contributed by atoms with E-state index in [1.807, 2.05) is 24.3 Å². The lowest BCUT2D eigenvalue weighted by atomic mass is 10.1. The van der Waals surface area contributed by atoms with Crippen LogP contribution in [0, 0.1) is 5.92 Å². The van der Waals surface area contributed by atoms with Crippen LogP contribution >= 0.6 is 11.6 Å². The van der Waals surface area contributed by atoms with E-state index < -0.39 is 0 Å². The Morgan fingerprint density at radius 3 is 2.40 bits per heavy atom. The molecule has 0 saturated heterocycles. The highest BCUT2D eigenvalue weighted by atomic mass is 35.5. The molecule has 0 aliphatic carbocycles. The molecule has 0 spiro atoms. The number of carbonyl (C=O) groups is 2. The fraction of sp³-hybridized carbons (Fsp3) is 0.600. The van der Waals surface area contributed by atoms with Crippen molar-refractivity contribution in [1.82, 2.24) is 4.90 Å². The Bertz CT molecular complexity index is 528. The van der Waals surface area contributed by atoms with E-state index in [1.54, 1.807) is 11.8 Å². The molecular formula is C20H30ClNO3. The van der Waals surface area contributed by atoms with Crippen molar-refractivity contribution in [3.8, 4) is 0 Å². The van der Waals surface area contributed by atoms with Gasteiger partial charge in [-0.15, -0.1) is 0 Å². The van der Waals surface area contributed by atoms with E-state index in [9.17, 15) is 9.59 Å². The Balaban J connectivity index is 2.46. The molecule has 0 bridgehead atoms. The van der Waals surface area contributed by atoms with Gasteiger partial charge in [-0.25, -0.2) is 0 Å². The summed E-state index contributed by atoms with van der Waals surface area (Å²) in [6, 6.07) is 7.72. The minimum atomic E-state index is -0.244. The van der Waals surface area contributed by atoms with Gasteiger partial charge in [-0.1, -0.05) is 37.6 Å². The molecule has 0 saturated carbocycles. The van der Waals surface area contributed by atoms with Crippen molar-refractivity contribution in [3.05, 3.63) is 34.9 Å². The second-order valence-electron chi connectivity index (χ2n) is 6.60. The molecule has 0 atom stereocenters. The molecule has 0 aromatic heterocycles. The van der Waals surface area contributed by atoms with Gasteiger partial charge in [-0.05, 0) is 49.8 Å². The highest BCUT2D eigenvalue weighted by molar-refractivity contribution is 6.30. The molecular weight excluding hydrogens is 338 g/mol. The largest absolute Gasteiger partial charge is 0.466 e.